The van der Waals surface area contributed by atoms with Crippen LogP contribution in [0.5, 0.6) is 0 Å². The summed E-state index contributed by atoms with van der Waals surface area (Å²) in [6, 6.07) is 0.266. The fourth-order valence-corrected chi connectivity index (χ4v) is 3.27. The third-order valence-corrected chi connectivity index (χ3v) is 4.53. The van der Waals surface area contributed by atoms with Gasteiger partial charge in [0.25, 0.3) is 0 Å². The molecule has 0 aromatic heterocycles. The highest BCUT2D eigenvalue weighted by Crippen LogP contribution is 2.40. The number of nitrogens with one attached hydrogen (secondary N) is 1. The van der Waals surface area contributed by atoms with Gasteiger partial charge in [0.05, 0.1) is 5.92 Å². The molecule has 1 heterocycles. The van der Waals surface area contributed by atoms with Gasteiger partial charge in [-0.3, -0.25) is 4.79 Å². The fourth-order valence-electron chi connectivity index (χ4n) is 3.27. The van der Waals surface area contributed by atoms with E-state index in [2.05, 4.69) is 5.32 Å². The molecular formula is C14H23F3N2O. The molecule has 2 fully saturated rings. The summed E-state index contributed by atoms with van der Waals surface area (Å²) in [5.74, 6) is -1.84. The van der Waals surface area contributed by atoms with Crippen LogP contribution in [0.1, 0.15) is 39.5 Å². The van der Waals surface area contributed by atoms with Gasteiger partial charge in [-0.05, 0) is 33.1 Å². The lowest BCUT2D eigenvalue weighted by atomic mass is 9.80. The number of rotatable bonds is 1. The van der Waals surface area contributed by atoms with Gasteiger partial charge in [0.1, 0.15) is 0 Å². The summed E-state index contributed by atoms with van der Waals surface area (Å²) in [6.45, 7) is 5.24. The molecule has 4 atom stereocenters. The van der Waals surface area contributed by atoms with Gasteiger partial charge in [0.15, 0.2) is 0 Å². The van der Waals surface area contributed by atoms with Gasteiger partial charge in [-0.15, -0.1) is 0 Å². The van der Waals surface area contributed by atoms with Gasteiger partial charge < -0.3 is 10.2 Å². The maximum atomic E-state index is 12.8. The van der Waals surface area contributed by atoms with Crippen molar-refractivity contribution in [3.63, 3.8) is 0 Å². The predicted molar refractivity (Wildman–Crippen MR) is 70.1 cm³/mol. The van der Waals surface area contributed by atoms with Gasteiger partial charge in [-0.1, -0.05) is 6.42 Å². The van der Waals surface area contributed by atoms with Crippen LogP contribution in [0, 0.1) is 11.8 Å². The summed E-state index contributed by atoms with van der Waals surface area (Å²) < 4.78 is 38.5. The molecule has 1 aliphatic heterocycles. The maximum Gasteiger partial charge on any atom is 0.391 e. The summed E-state index contributed by atoms with van der Waals surface area (Å²) in [7, 11) is 0. The minimum Gasteiger partial charge on any atom is -0.337 e. The highest BCUT2D eigenvalue weighted by Gasteiger charge is 2.44. The molecule has 6 heteroatoms. The third-order valence-electron chi connectivity index (χ3n) is 4.53. The van der Waals surface area contributed by atoms with E-state index in [4.69, 9.17) is 0 Å². The zero-order chi connectivity index (χ0) is 14.9. The first kappa shape index (κ1) is 15.6. The van der Waals surface area contributed by atoms with Gasteiger partial charge in [-0.25, -0.2) is 0 Å². The Balaban J connectivity index is 2.01. The molecule has 0 aromatic carbocycles. The Bertz CT molecular complexity index is 359. The van der Waals surface area contributed by atoms with Crippen molar-refractivity contribution in [2.75, 3.05) is 13.1 Å². The van der Waals surface area contributed by atoms with Crippen LogP contribution in [0.4, 0.5) is 13.2 Å². The van der Waals surface area contributed by atoms with Crippen molar-refractivity contribution in [3.8, 4) is 0 Å². The minimum absolute atomic E-state index is 0.0344. The van der Waals surface area contributed by atoms with E-state index in [0.717, 1.165) is 0 Å². The largest absolute Gasteiger partial charge is 0.391 e. The number of amides is 1. The molecule has 1 amide bonds. The normalized spacial score (nSPS) is 36.0. The van der Waals surface area contributed by atoms with Crippen LogP contribution in [0.3, 0.4) is 0 Å². The van der Waals surface area contributed by atoms with Gasteiger partial charge in [-0.2, -0.15) is 13.2 Å². The van der Waals surface area contributed by atoms with Crippen LogP contribution < -0.4 is 5.32 Å². The average Bonchev–Trinajstić information content (AvgIpc) is 2.40. The topological polar surface area (TPSA) is 32.3 Å². The first-order valence-corrected chi connectivity index (χ1v) is 7.39. The highest BCUT2D eigenvalue weighted by atomic mass is 19.4. The van der Waals surface area contributed by atoms with Crippen LogP contribution in [0.15, 0.2) is 0 Å². The van der Waals surface area contributed by atoms with Crippen molar-refractivity contribution in [1.82, 2.24) is 10.2 Å². The van der Waals surface area contributed by atoms with Crippen molar-refractivity contribution >= 4 is 5.91 Å². The third kappa shape index (κ3) is 3.45. The van der Waals surface area contributed by atoms with E-state index in [9.17, 15) is 18.0 Å². The van der Waals surface area contributed by atoms with Crippen molar-refractivity contribution in [3.05, 3.63) is 0 Å². The van der Waals surface area contributed by atoms with Crippen LogP contribution in [0.2, 0.25) is 0 Å². The lowest BCUT2D eigenvalue weighted by molar-refractivity contribution is -0.187. The van der Waals surface area contributed by atoms with E-state index >= 15 is 0 Å². The Labute approximate surface area is 117 Å². The molecule has 0 spiro atoms. The van der Waals surface area contributed by atoms with Crippen molar-refractivity contribution < 1.29 is 18.0 Å². The maximum absolute atomic E-state index is 12.8. The molecule has 0 radical (unpaired) electrons. The minimum atomic E-state index is -4.17. The number of halogens is 3. The van der Waals surface area contributed by atoms with Gasteiger partial charge in [0, 0.05) is 31.1 Å². The van der Waals surface area contributed by atoms with Crippen molar-refractivity contribution in [2.24, 2.45) is 11.8 Å². The zero-order valence-corrected chi connectivity index (χ0v) is 12.0. The zero-order valence-electron chi connectivity index (χ0n) is 12.0. The standard InChI is InChI=1S/C14H23F3N2O/c1-9-8-19(10(2)7-18-9)13(20)11-4-3-5-12(6-11)14(15,16)17/h9-12,18H,3-8H2,1-2H3. The molecule has 3 nitrogen and oxygen atoms in total. The summed E-state index contributed by atoms with van der Waals surface area (Å²) >= 11 is 0. The second-order valence-electron chi connectivity index (χ2n) is 6.25. The SMILES string of the molecule is CC1CN(C(=O)C2CCCC(C(F)(F)F)C2)C(C)CN1. The molecule has 2 aliphatic rings. The Morgan fingerprint density at radius 2 is 1.95 bits per heavy atom. The van der Waals surface area contributed by atoms with E-state index < -0.39 is 18.0 Å². The summed E-state index contributed by atoms with van der Waals surface area (Å²) in [6.07, 6.45) is -2.94. The van der Waals surface area contributed by atoms with E-state index in [0.29, 0.717) is 25.9 Å². The van der Waals surface area contributed by atoms with E-state index in [1.807, 2.05) is 13.8 Å². The summed E-state index contributed by atoms with van der Waals surface area (Å²) in [4.78, 5) is 14.3. The number of carbonyl (C=O) groups is 1. The lowest BCUT2D eigenvalue weighted by Gasteiger charge is -2.41. The Hall–Kier alpha value is -0.780. The first-order valence-electron chi connectivity index (χ1n) is 7.39. The molecule has 116 valence electrons. The van der Waals surface area contributed by atoms with Crippen LogP contribution in [0.25, 0.3) is 0 Å². The highest BCUT2D eigenvalue weighted by molar-refractivity contribution is 5.79. The van der Waals surface area contributed by atoms with E-state index in [1.165, 1.54) is 0 Å². The predicted octanol–water partition coefficient (Wildman–Crippen LogP) is 2.56. The number of alkyl halides is 3. The van der Waals surface area contributed by atoms with Crippen molar-refractivity contribution in [1.29, 1.82) is 0 Å². The number of carbonyl (C=O) groups excluding carboxylic acids is 1. The molecule has 2 rings (SSSR count). The van der Waals surface area contributed by atoms with Crippen LogP contribution >= 0.6 is 0 Å². The number of piperazine rings is 1. The van der Waals surface area contributed by atoms with Crippen molar-refractivity contribution in [2.45, 2.75) is 57.8 Å². The molecule has 1 N–H and O–H groups in total. The van der Waals surface area contributed by atoms with E-state index in [-0.39, 0.29) is 30.8 Å². The molecule has 0 aromatic rings. The van der Waals surface area contributed by atoms with E-state index in [1.54, 1.807) is 4.90 Å². The fraction of sp³-hybridized carbons (Fsp3) is 0.929. The average molecular weight is 292 g/mol. The smallest absolute Gasteiger partial charge is 0.337 e. The second kappa shape index (κ2) is 5.92. The Kier molecular flexibility index (Phi) is 4.62. The second-order valence-corrected chi connectivity index (χ2v) is 6.25. The monoisotopic (exact) mass is 292 g/mol. The molecule has 1 aliphatic carbocycles. The molecule has 0 bridgehead atoms. The molecule has 4 unspecified atom stereocenters. The lowest BCUT2D eigenvalue weighted by Crippen LogP contribution is -2.57. The van der Waals surface area contributed by atoms with Gasteiger partial charge in [0.2, 0.25) is 5.91 Å². The number of hydrogen-bond acceptors (Lipinski definition) is 2. The number of nitrogens with zero attached hydrogens (tertiary/aromatic N) is 1. The molecule has 1 saturated carbocycles. The molecule has 20 heavy (non-hydrogen) atoms. The molecular weight excluding hydrogens is 269 g/mol. The van der Waals surface area contributed by atoms with Crippen LogP contribution in [-0.2, 0) is 4.79 Å². The first-order chi connectivity index (χ1) is 9.29. The Morgan fingerprint density at radius 3 is 2.60 bits per heavy atom. The molecule has 1 saturated heterocycles. The Morgan fingerprint density at radius 1 is 1.25 bits per heavy atom. The van der Waals surface area contributed by atoms with Gasteiger partial charge >= 0.3 is 6.18 Å². The van der Waals surface area contributed by atoms with Crippen LogP contribution in [-0.4, -0.2) is 42.2 Å². The quantitative estimate of drug-likeness (QED) is 0.805. The summed E-state index contributed by atoms with van der Waals surface area (Å²) in [5, 5.41) is 3.28. The summed E-state index contributed by atoms with van der Waals surface area (Å²) in [5.41, 5.74) is 0. The number of hydrogen-bond donors (Lipinski definition) is 1.